The number of aromatic hydroxyl groups is 1. The third kappa shape index (κ3) is 3.64. The molecule has 0 saturated heterocycles. The highest BCUT2D eigenvalue weighted by Gasteiger charge is 2.41. The molecule has 0 aliphatic rings. The first-order chi connectivity index (χ1) is 14.4. The highest BCUT2D eigenvalue weighted by molar-refractivity contribution is 5.55. The summed E-state index contributed by atoms with van der Waals surface area (Å²) in [4.78, 5) is 8.10. The van der Waals surface area contributed by atoms with Crippen molar-refractivity contribution in [2.45, 2.75) is 25.1 Å². The third-order valence-corrected chi connectivity index (χ3v) is 4.99. The van der Waals surface area contributed by atoms with E-state index in [0.717, 1.165) is 12.1 Å². The molecular formula is C20H18F2N6O2. The third-order valence-electron chi connectivity index (χ3n) is 4.99. The maximum Gasteiger partial charge on any atom is 0.181 e. The van der Waals surface area contributed by atoms with E-state index in [1.165, 1.54) is 46.5 Å². The molecule has 2 N–H and O–H groups in total. The van der Waals surface area contributed by atoms with E-state index in [-0.39, 0.29) is 17.9 Å². The van der Waals surface area contributed by atoms with Crippen molar-refractivity contribution in [2.24, 2.45) is 0 Å². The Kier molecular flexibility index (Phi) is 5.00. The molecule has 0 radical (unpaired) electrons. The first-order valence-electron chi connectivity index (χ1n) is 9.07. The van der Waals surface area contributed by atoms with Gasteiger partial charge in [0.25, 0.3) is 0 Å². The number of halogens is 2. The molecule has 154 valence electrons. The predicted molar refractivity (Wildman–Crippen MR) is 102 cm³/mol. The van der Waals surface area contributed by atoms with Crippen molar-refractivity contribution in [1.82, 2.24) is 29.5 Å². The molecule has 0 aliphatic heterocycles. The molecule has 8 nitrogen and oxygen atoms in total. The number of phenols is 1. The maximum atomic E-state index is 14.6. The van der Waals surface area contributed by atoms with Gasteiger partial charge in [0.2, 0.25) is 0 Å². The van der Waals surface area contributed by atoms with Gasteiger partial charge in [-0.3, -0.25) is 0 Å². The second-order valence-corrected chi connectivity index (χ2v) is 6.91. The van der Waals surface area contributed by atoms with Gasteiger partial charge < -0.3 is 10.2 Å². The second kappa shape index (κ2) is 7.64. The van der Waals surface area contributed by atoms with E-state index >= 15 is 0 Å². The standard InChI is InChI=1S/C20H18F2N6O2/c1-13(28-12-24-19(26-28)14-2-5-16(29)6-3-14)20(30,9-27-11-23-10-25-27)17-7-4-15(21)8-18(17)22/h2-8,10-13,29-30H,9H2,1H3. The quantitative estimate of drug-likeness (QED) is 0.505. The highest BCUT2D eigenvalue weighted by atomic mass is 19.1. The molecule has 2 aromatic heterocycles. The zero-order valence-corrected chi connectivity index (χ0v) is 15.9. The number of hydrogen-bond donors (Lipinski definition) is 2. The molecule has 4 rings (SSSR count). The summed E-state index contributed by atoms with van der Waals surface area (Å²) >= 11 is 0. The number of nitrogens with zero attached hydrogens (tertiary/aromatic N) is 6. The average molecular weight is 412 g/mol. The van der Waals surface area contributed by atoms with Gasteiger partial charge in [0.15, 0.2) is 5.82 Å². The molecule has 2 heterocycles. The van der Waals surface area contributed by atoms with Crippen LogP contribution in [0.4, 0.5) is 8.78 Å². The van der Waals surface area contributed by atoms with Crippen LogP contribution in [0.25, 0.3) is 11.4 Å². The fourth-order valence-corrected chi connectivity index (χ4v) is 3.27. The van der Waals surface area contributed by atoms with Crippen LogP contribution in [0.1, 0.15) is 18.5 Å². The zero-order chi connectivity index (χ0) is 21.3. The summed E-state index contributed by atoms with van der Waals surface area (Å²) in [5, 5.41) is 29.4. The summed E-state index contributed by atoms with van der Waals surface area (Å²) in [5.41, 5.74) is -1.29. The van der Waals surface area contributed by atoms with Crippen LogP contribution in [0.15, 0.2) is 61.4 Å². The van der Waals surface area contributed by atoms with Crippen LogP contribution in [0.2, 0.25) is 0 Å². The minimum Gasteiger partial charge on any atom is -0.508 e. The van der Waals surface area contributed by atoms with Gasteiger partial charge in [0.1, 0.15) is 42.0 Å². The van der Waals surface area contributed by atoms with Crippen molar-refractivity contribution in [3.8, 4) is 17.1 Å². The van der Waals surface area contributed by atoms with Crippen LogP contribution in [-0.2, 0) is 12.1 Å². The molecule has 0 bridgehead atoms. The lowest BCUT2D eigenvalue weighted by Crippen LogP contribution is -2.40. The second-order valence-electron chi connectivity index (χ2n) is 6.91. The maximum absolute atomic E-state index is 14.6. The molecule has 2 unspecified atom stereocenters. The van der Waals surface area contributed by atoms with E-state index in [0.29, 0.717) is 11.4 Å². The van der Waals surface area contributed by atoms with E-state index in [1.807, 2.05) is 0 Å². The van der Waals surface area contributed by atoms with Gasteiger partial charge in [0.05, 0.1) is 12.6 Å². The normalized spacial score (nSPS) is 14.4. The lowest BCUT2D eigenvalue weighted by Gasteiger charge is -2.34. The zero-order valence-electron chi connectivity index (χ0n) is 15.9. The number of aliphatic hydroxyl groups is 1. The minimum atomic E-state index is -1.84. The van der Waals surface area contributed by atoms with E-state index in [2.05, 4.69) is 20.2 Å². The Balaban J connectivity index is 1.74. The SMILES string of the molecule is CC(n1cnc(-c2ccc(O)cc2)n1)C(O)(Cn1cncn1)c1ccc(F)cc1F. The largest absolute Gasteiger partial charge is 0.508 e. The van der Waals surface area contributed by atoms with Crippen LogP contribution in [0, 0.1) is 11.6 Å². The first-order valence-corrected chi connectivity index (χ1v) is 9.07. The van der Waals surface area contributed by atoms with Crippen molar-refractivity contribution < 1.29 is 19.0 Å². The van der Waals surface area contributed by atoms with Gasteiger partial charge in [-0.05, 0) is 37.3 Å². The molecule has 10 heteroatoms. The Labute approximate surface area is 170 Å². The summed E-state index contributed by atoms with van der Waals surface area (Å²) in [6, 6.07) is 8.53. The van der Waals surface area contributed by atoms with E-state index in [4.69, 9.17) is 0 Å². The summed E-state index contributed by atoms with van der Waals surface area (Å²) in [6.07, 6.45) is 4.10. The van der Waals surface area contributed by atoms with Crippen LogP contribution in [-0.4, -0.2) is 39.7 Å². The van der Waals surface area contributed by atoms with Gasteiger partial charge >= 0.3 is 0 Å². The van der Waals surface area contributed by atoms with Crippen LogP contribution < -0.4 is 0 Å². The predicted octanol–water partition coefficient (Wildman–Crippen LogP) is 2.67. The summed E-state index contributed by atoms with van der Waals surface area (Å²) < 4.78 is 30.9. The molecule has 0 saturated carbocycles. The number of benzene rings is 2. The molecule has 30 heavy (non-hydrogen) atoms. The topological polar surface area (TPSA) is 102 Å². The molecule has 0 spiro atoms. The van der Waals surface area contributed by atoms with Gasteiger partial charge in [-0.15, -0.1) is 0 Å². The fourth-order valence-electron chi connectivity index (χ4n) is 3.27. The van der Waals surface area contributed by atoms with E-state index in [9.17, 15) is 19.0 Å². The summed E-state index contributed by atoms with van der Waals surface area (Å²) in [6.45, 7) is 1.50. The van der Waals surface area contributed by atoms with Gasteiger partial charge in [-0.25, -0.2) is 28.1 Å². The fraction of sp³-hybridized carbons (Fsp3) is 0.200. The molecule has 0 aliphatic carbocycles. The number of rotatable bonds is 6. The lowest BCUT2D eigenvalue weighted by atomic mass is 9.86. The van der Waals surface area contributed by atoms with Crippen molar-refractivity contribution in [3.05, 3.63) is 78.6 Å². The lowest BCUT2D eigenvalue weighted by molar-refractivity contribution is -0.0369. The monoisotopic (exact) mass is 412 g/mol. The molecule has 4 aromatic rings. The Morgan fingerprint density at radius 2 is 1.87 bits per heavy atom. The number of aromatic nitrogens is 6. The van der Waals surface area contributed by atoms with Gasteiger partial charge in [0, 0.05) is 17.2 Å². The van der Waals surface area contributed by atoms with Gasteiger partial charge in [-0.2, -0.15) is 10.2 Å². The van der Waals surface area contributed by atoms with Crippen LogP contribution in [0.3, 0.4) is 0 Å². The minimum absolute atomic E-state index is 0.103. The molecular weight excluding hydrogens is 394 g/mol. The molecule has 0 amide bonds. The number of phenolic OH excluding ortho intramolecular Hbond substituents is 1. The van der Waals surface area contributed by atoms with E-state index < -0.39 is 23.3 Å². The average Bonchev–Trinajstić information content (AvgIpc) is 3.40. The molecule has 2 atom stereocenters. The van der Waals surface area contributed by atoms with Crippen LogP contribution >= 0.6 is 0 Å². The van der Waals surface area contributed by atoms with E-state index in [1.54, 1.807) is 19.1 Å². The van der Waals surface area contributed by atoms with Crippen molar-refractivity contribution in [2.75, 3.05) is 0 Å². The van der Waals surface area contributed by atoms with Gasteiger partial charge in [-0.1, -0.05) is 6.07 Å². The first kappa shape index (κ1) is 19.6. The number of hydrogen-bond acceptors (Lipinski definition) is 6. The Morgan fingerprint density at radius 1 is 1.10 bits per heavy atom. The van der Waals surface area contributed by atoms with Crippen LogP contribution in [0.5, 0.6) is 5.75 Å². The Morgan fingerprint density at radius 3 is 2.53 bits per heavy atom. The molecule has 0 fully saturated rings. The van der Waals surface area contributed by atoms with Crippen molar-refractivity contribution in [1.29, 1.82) is 0 Å². The summed E-state index contributed by atoms with van der Waals surface area (Å²) in [7, 11) is 0. The molecule has 2 aromatic carbocycles. The highest BCUT2D eigenvalue weighted by Crippen LogP contribution is 2.36. The van der Waals surface area contributed by atoms with Crippen molar-refractivity contribution >= 4 is 0 Å². The summed E-state index contributed by atoms with van der Waals surface area (Å²) in [5.74, 6) is -1.16. The Hall–Kier alpha value is -3.66. The Bertz CT molecular complexity index is 1150. The van der Waals surface area contributed by atoms with Crippen molar-refractivity contribution in [3.63, 3.8) is 0 Å². The smallest absolute Gasteiger partial charge is 0.181 e.